The lowest BCUT2D eigenvalue weighted by Crippen LogP contribution is -1.98. The maximum absolute atomic E-state index is 4.33. The van der Waals surface area contributed by atoms with Gasteiger partial charge in [0, 0.05) is 85.1 Å². The van der Waals surface area contributed by atoms with Crippen molar-refractivity contribution in [1.82, 2.24) is 13.7 Å². The van der Waals surface area contributed by atoms with E-state index in [2.05, 4.69) is 162 Å². The predicted molar refractivity (Wildman–Crippen MR) is 258 cm³/mol. The van der Waals surface area contributed by atoms with Gasteiger partial charge in [-0.1, -0.05) is 151 Å². The summed E-state index contributed by atoms with van der Waals surface area (Å²) < 4.78 is 7.59. The lowest BCUT2D eigenvalue weighted by atomic mass is 9.98. The SMILES string of the molecule is C=C(C)Cn1c2ccc(-c3ccc4c(c3)c3ccccc3n4CCCCCCCC)cc2c2cc(-c3ccc4c(c3)c3ccccc3n4CCCCCCCC)ccc21. The zero-order valence-corrected chi connectivity index (χ0v) is 35.7. The van der Waals surface area contributed by atoms with E-state index in [9.17, 15) is 0 Å². The third kappa shape index (κ3) is 7.61. The van der Waals surface area contributed by atoms with Gasteiger partial charge in [0.15, 0.2) is 0 Å². The molecule has 0 saturated carbocycles. The van der Waals surface area contributed by atoms with Gasteiger partial charge in [0.2, 0.25) is 0 Å². The summed E-state index contributed by atoms with van der Waals surface area (Å²) in [6, 6.07) is 46.5. The fourth-order valence-corrected chi connectivity index (χ4v) is 9.95. The van der Waals surface area contributed by atoms with E-state index < -0.39 is 0 Å². The molecule has 0 spiro atoms. The fraction of sp³-hybridized carbons (Fsp3) is 0.321. The van der Waals surface area contributed by atoms with Crippen LogP contribution < -0.4 is 0 Å². The van der Waals surface area contributed by atoms with Crippen molar-refractivity contribution in [3.8, 4) is 22.3 Å². The lowest BCUT2D eigenvalue weighted by Gasteiger charge is -2.09. The van der Waals surface area contributed by atoms with E-state index in [4.69, 9.17) is 0 Å². The van der Waals surface area contributed by atoms with Crippen LogP contribution >= 0.6 is 0 Å². The number of benzene rings is 6. The third-order valence-corrected chi connectivity index (χ3v) is 13.0. The van der Waals surface area contributed by atoms with Gasteiger partial charge >= 0.3 is 0 Å². The Bertz CT molecular complexity index is 2740. The molecular formula is C56H61N3. The van der Waals surface area contributed by atoms with Crippen LogP contribution in [0.4, 0.5) is 0 Å². The van der Waals surface area contributed by atoms with Crippen molar-refractivity contribution in [2.24, 2.45) is 0 Å². The number of hydrogen-bond donors (Lipinski definition) is 0. The van der Waals surface area contributed by atoms with Crippen LogP contribution in [-0.4, -0.2) is 13.7 Å². The second-order valence-corrected chi connectivity index (χ2v) is 17.3. The number of hydrogen-bond acceptors (Lipinski definition) is 0. The molecule has 9 rings (SSSR count). The number of aryl methyl sites for hydroxylation is 2. The van der Waals surface area contributed by atoms with E-state index in [1.807, 2.05) is 0 Å². The van der Waals surface area contributed by atoms with Gasteiger partial charge in [-0.25, -0.2) is 0 Å². The summed E-state index contributed by atoms with van der Waals surface area (Å²) in [6.45, 7) is 14.0. The van der Waals surface area contributed by atoms with Gasteiger partial charge in [-0.05, 0) is 103 Å². The third-order valence-electron chi connectivity index (χ3n) is 13.0. The molecule has 9 aromatic rings. The molecule has 300 valence electrons. The van der Waals surface area contributed by atoms with Crippen molar-refractivity contribution in [2.75, 3.05) is 0 Å². The largest absolute Gasteiger partial charge is 0.340 e. The number of rotatable bonds is 18. The van der Waals surface area contributed by atoms with E-state index >= 15 is 0 Å². The second kappa shape index (κ2) is 17.4. The van der Waals surface area contributed by atoms with Crippen molar-refractivity contribution in [2.45, 2.75) is 117 Å². The molecule has 0 aliphatic heterocycles. The molecule has 3 aromatic heterocycles. The van der Waals surface area contributed by atoms with Crippen molar-refractivity contribution < 1.29 is 0 Å². The molecule has 0 N–H and O–H groups in total. The first-order chi connectivity index (χ1) is 29.0. The Morgan fingerprint density at radius 1 is 0.373 bits per heavy atom. The number of unbranched alkanes of at least 4 members (excludes halogenated alkanes) is 10. The summed E-state index contributed by atoms with van der Waals surface area (Å²) in [7, 11) is 0. The van der Waals surface area contributed by atoms with Crippen molar-refractivity contribution >= 4 is 65.4 Å². The van der Waals surface area contributed by atoms with Crippen LogP contribution in [0.1, 0.15) is 97.8 Å². The van der Waals surface area contributed by atoms with E-state index in [0.717, 1.165) is 25.2 Å². The molecule has 0 fully saturated rings. The van der Waals surface area contributed by atoms with E-state index in [1.54, 1.807) is 0 Å². The Balaban J connectivity index is 1.09. The summed E-state index contributed by atoms with van der Waals surface area (Å²) in [4.78, 5) is 0. The monoisotopic (exact) mass is 775 g/mol. The number of aromatic nitrogens is 3. The molecule has 0 bridgehead atoms. The lowest BCUT2D eigenvalue weighted by molar-refractivity contribution is 0.571. The summed E-state index contributed by atoms with van der Waals surface area (Å²) >= 11 is 0. The van der Waals surface area contributed by atoms with Crippen molar-refractivity contribution in [3.05, 3.63) is 133 Å². The Morgan fingerprint density at radius 3 is 1.08 bits per heavy atom. The first-order valence-electron chi connectivity index (χ1n) is 22.8. The summed E-state index contributed by atoms with van der Waals surface area (Å²) in [5, 5.41) is 7.98. The van der Waals surface area contributed by atoms with Crippen LogP contribution in [0.25, 0.3) is 87.7 Å². The fourth-order valence-electron chi connectivity index (χ4n) is 9.95. The van der Waals surface area contributed by atoms with Gasteiger partial charge in [0.1, 0.15) is 0 Å². The summed E-state index contributed by atoms with van der Waals surface area (Å²) in [6.07, 6.45) is 15.7. The normalized spacial score (nSPS) is 12.1. The Labute approximate surface area is 351 Å². The molecule has 0 aliphatic carbocycles. The minimum atomic E-state index is 0.798. The van der Waals surface area contributed by atoms with Crippen LogP contribution in [0.3, 0.4) is 0 Å². The maximum atomic E-state index is 4.33. The highest BCUT2D eigenvalue weighted by Crippen LogP contribution is 2.39. The summed E-state index contributed by atoms with van der Waals surface area (Å²) in [5.74, 6) is 0. The molecule has 3 heteroatoms. The highest BCUT2D eigenvalue weighted by atomic mass is 15.0. The first-order valence-corrected chi connectivity index (χ1v) is 22.8. The maximum Gasteiger partial charge on any atom is 0.0494 e. The Kier molecular flexibility index (Phi) is 11.5. The molecule has 3 heterocycles. The molecular weight excluding hydrogens is 715 g/mol. The van der Waals surface area contributed by atoms with E-state index in [0.29, 0.717) is 0 Å². The summed E-state index contributed by atoms with van der Waals surface area (Å²) in [5.41, 5.74) is 14.1. The molecule has 0 unspecified atom stereocenters. The second-order valence-electron chi connectivity index (χ2n) is 17.3. The topological polar surface area (TPSA) is 14.8 Å². The van der Waals surface area contributed by atoms with Gasteiger partial charge in [0.05, 0.1) is 0 Å². The van der Waals surface area contributed by atoms with Gasteiger partial charge in [-0.2, -0.15) is 0 Å². The van der Waals surface area contributed by atoms with Crippen LogP contribution in [0.5, 0.6) is 0 Å². The standard InChI is InChI=1S/C56H61N3/c1-5-7-9-11-13-19-33-57-51-23-17-15-21-45(51)47-35-41(25-29-53(47)57)43-27-31-55-49(37-43)50-38-44(28-32-56(50)59(55)39-40(3)4)42-26-30-54-48(36-42)46-22-16-18-24-52(46)58(54)34-20-14-12-10-8-6-2/h15-18,21-32,35-38H,3,5-14,19-20,33-34,39H2,1-2,4H3. The minimum Gasteiger partial charge on any atom is -0.340 e. The first kappa shape index (κ1) is 38.9. The number of para-hydroxylation sites is 2. The predicted octanol–water partition coefficient (Wildman–Crippen LogP) is 16.6. The number of allylic oxidation sites excluding steroid dienone is 1. The smallest absolute Gasteiger partial charge is 0.0494 e. The quantitative estimate of drug-likeness (QED) is 0.0609. The molecule has 0 amide bonds. The van der Waals surface area contributed by atoms with E-state index in [-0.39, 0.29) is 0 Å². The van der Waals surface area contributed by atoms with Crippen molar-refractivity contribution in [3.63, 3.8) is 0 Å². The Hall–Kier alpha value is -5.54. The molecule has 0 atom stereocenters. The van der Waals surface area contributed by atoms with Crippen LogP contribution in [0.2, 0.25) is 0 Å². The molecule has 3 nitrogen and oxygen atoms in total. The van der Waals surface area contributed by atoms with Gasteiger partial charge in [-0.3, -0.25) is 0 Å². The van der Waals surface area contributed by atoms with Crippen LogP contribution in [-0.2, 0) is 19.6 Å². The molecule has 0 aliphatic rings. The molecule has 0 saturated heterocycles. The molecule has 6 aromatic carbocycles. The highest BCUT2D eigenvalue weighted by Gasteiger charge is 2.17. The molecule has 59 heavy (non-hydrogen) atoms. The zero-order chi connectivity index (χ0) is 40.3. The van der Waals surface area contributed by atoms with Crippen molar-refractivity contribution in [1.29, 1.82) is 0 Å². The number of fused-ring (bicyclic) bond motifs is 9. The zero-order valence-electron chi connectivity index (χ0n) is 35.7. The van der Waals surface area contributed by atoms with E-state index in [1.165, 1.54) is 165 Å². The minimum absolute atomic E-state index is 0.798. The Morgan fingerprint density at radius 2 is 0.695 bits per heavy atom. The average molecular weight is 776 g/mol. The van der Waals surface area contributed by atoms with Crippen LogP contribution in [0, 0.1) is 0 Å². The van der Waals surface area contributed by atoms with Crippen LogP contribution in [0.15, 0.2) is 133 Å². The van der Waals surface area contributed by atoms with Gasteiger partial charge in [0.25, 0.3) is 0 Å². The average Bonchev–Trinajstić information content (AvgIpc) is 3.87. The number of nitrogens with zero attached hydrogens (tertiary/aromatic N) is 3. The van der Waals surface area contributed by atoms with Gasteiger partial charge in [-0.15, -0.1) is 0 Å². The highest BCUT2D eigenvalue weighted by molar-refractivity contribution is 6.13. The van der Waals surface area contributed by atoms with Gasteiger partial charge < -0.3 is 13.7 Å². The molecule has 0 radical (unpaired) electrons.